The summed E-state index contributed by atoms with van der Waals surface area (Å²) in [4.78, 5) is 31.0. The van der Waals surface area contributed by atoms with Gasteiger partial charge in [0.1, 0.15) is 5.75 Å². The van der Waals surface area contributed by atoms with Crippen LogP contribution in [0.1, 0.15) is 49.7 Å². The van der Waals surface area contributed by atoms with Gasteiger partial charge in [-0.2, -0.15) is 0 Å². The van der Waals surface area contributed by atoms with E-state index in [0.717, 1.165) is 47.8 Å². The molecule has 1 fully saturated rings. The largest absolute Gasteiger partial charge is 0.496 e. The van der Waals surface area contributed by atoms with Gasteiger partial charge in [0.15, 0.2) is 11.5 Å². The molecule has 1 amide bonds. The van der Waals surface area contributed by atoms with Crippen molar-refractivity contribution in [3.63, 3.8) is 0 Å². The van der Waals surface area contributed by atoms with Crippen molar-refractivity contribution < 1.29 is 38.1 Å². The predicted octanol–water partition coefficient (Wildman–Crippen LogP) is 4.26. The lowest BCUT2D eigenvalue weighted by Gasteiger charge is -2.30. The van der Waals surface area contributed by atoms with Crippen LogP contribution in [0.25, 0.3) is 0 Å². The van der Waals surface area contributed by atoms with E-state index in [9.17, 15) is 14.7 Å². The number of para-hydroxylation sites is 1. The zero-order valence-electron chi connectivity index (χ0n) is 27.2. The fraction of sp³-hybridized carbons (Fsp3) is 0.588. The molecule has 44 heavy (non-hydrogen) atoms. The number of quaternary nitrogens is 1. The number of amides is 1. The summed E-state index contributed by atoms with van der Waals surface area (Å²) in [6, 6.07) is 11.0. The lowest BCUT2D eigenvalue weighted by atomic mass is 9.83. The summed E-state index contributed by atoms with van der Waals surface area (Å²) in [5, 5.41) is 10.7. The van der Waals surface area contributed by atoms with Gasteiger partial charge in [0.05, 0.1) is 54.4 Å². The first-order valence-electron chi connectivity index (χ1n) is 15.7. The van der Waals surface area contributed by atoms with Crippen molar-refractivity contribution in [1.29, 1.82) is 0 Å². The number of methoxy groups -OCH3 is 2. The minimum absolute atomic E-state index is 0.0433. The Labute approximate surface area is 262 Å². The number of likely N-dealkylation sites (tertiary alicyclic amines) is 1. The number of carbonyl (C=O) groups excluding carboxylic acids is 1. The standard InChI is InChI=1S/C34H49N3O7/c1-7-8-15-35(16-11-12-17-37(2,3)4)31(38)22-36-21-26(25-19-29(42-6)33-30(20-25)43-23-44-33)32(34(39)40)27(36)18-24-13-9-10-14-28(24)41-5/h9-10,13-14,19-20,26-27,32H,7-8,11-12,15-18,21-23H2,1-6H3/p+1. The maximum atomic E-state index is 13.9. The zero-order valence-corrected chi connectivity index (χ0v) is 27.2. The van der Waals surface area contributed by atoms with Crippen LogP contribution in [0.15, 0.2) is 36.4 Å². The molecule has 0 radical (unpaired) electrons. The van der Waals surface area contributed by atoms with Gasteiger partial charge in [-0.25, -0.2) is 0 Å². The van der Waals surface area contributed by atoms with E-state index < -0.39 is 23.8 Å². The third-order valence-electron chi connectivity index (χ3n) is 8.74. The fourth-order valence-electron chi connectivity index (χ4n) is 6.42. The van der Waals surface area contributed by atoms with Crippen LogP contribution in [0, 0.1) is 5.92 Å². The second-order valence-electron chi connectivity index (χ2n) is 12.9. The van der Waals surface area contributed by atoms with Gasteiger partial charge in [-0.1, -0.05) is 31.5 Å². The number of hydrogen-bond donors (Lipinski definition) is 1. The van der Waals surface area contributed by atoms with Gasteiger partial charge in [-0.15, -0.1) is 0 Å². The molecule has 3 unspecified atom stereocenters. The Balaban J connectivity index is 1.64. The number of fused-ring (bicyclic) bond motifs is 1. The minimum atomic E-state index is -0.898. The molecule has 2 aliphatic heterocycles. The molecular weight excluding hydrogens is 562 g/mol. The van der Waals surface area contributed by atoms with Gasteiger partial charge >= 0.3 is 5.97 Å². The summed E-state index contributed by atoms with van der Waals surface area (Å²) in [5.41, 5.74) is 1.71. The SMILES string of the molecule is CCCCN(CCCC[N+](C)(C)C)C(=O)CN1CC(c2cc(OC)c3c(c2)OCO3)C(C(=O)O)C1Cc1ccccc1OC. The van der Waals surface area contributed by atoms with Gasteiger partial charge in [-0.3, -0.25) is 14.5 Å². The highest BCUT2D eigenvalue weighted by atomic mass is 16.7. The van der Waals surface area contributed by atoms with Crippen LogP contribution < -0.4 is 18.9 Å². The molecule has 4 rings (SSSR count). The lowest BCUT2D eigenvalue weighted by Crippen LogP contribution is -2.45. The number of ether oxygens (including phenoxy) is 4. The number of hydrogen-bond acceptors (Lipinski definition) is 7. The number of rotatable bonds is 16. The molecule has 3 atom stereocenters. The summed E-state index contributed by atoms with van der Waals surface area (Å²) in [6.45, 7) is 5.23. The molecule has 1 N–H and O–H groups in total. The molecule has 1 saturated heterocycles. The number of nitrogens with zero attached hydrogens (tertiary/aromatic N) is 3. The fourth-order valence-corrected chi connectivity index (χ4v) is 6.42. The second-order valence-corrected chi connectivity index (χ2v) is 12.9. The van der Waals surface area contributed by atoms with Crippen LogP contribution in [0.4, 0.5) is 0 Å². The van der Waals surface area contributed by atoms with E-state index >= 15 is 0 Å². The van der Waals surface area contributed by atoms with Crippen LogP contribution in [0.5, 0.6) is 23.0 Å². The van der Waals surface area contributed by atoms with E-state index in [-0.39, 0.29) is 19.2 Å². The van der Waals surface area contributed by atoms with Gasteiger partial charge in [-0.05, 0) is 55.0 Å². The summed E-state index contributed by atoms with van der Waals surface area (Å²) in [5.74, 6) is 0.261. The van der Waals surface area contributed by atoms with E-state index in [4.69, 9.17) is 18.9 Å². The van der Waals surface area contributed by atoms with Crippen molar-refractivity contribution in [2.45, 2.75) is 51.0 Å². The first-order valence-corrected chi connectivity index (χ1v) is 15.7. The average Bonchev–Trinajstić information content (AvgIpc) is 3.61. The molecule has 2 aliphatic rings. The van der Waals surface area contributed by atoms with E-state index in [1.165, 1.54) is 0 Å². The number of carbonyl (C=O) groups is 2. The lowest BCUT2D eigenvalue weighted by molar-refractivity contribution is -0.870. The molecule has 0 aliphatic carbocycles. The quantitative estimate of drug-likeness (QED) is 0.222. The summed E-state index contributed by atoms with van der Waals surface area (Å²) in [6.07, 6.45) is 4.34. The number of aliphatic carboxylic acids is 1. The van der Waals surface area contributed by atoms with E-state index in [2.05, 4.69) is 33.0 Å². The van der Waals surface area contributed by atoms with Crippen molar-refractivity contribution in [1.82, 2.24) is 9.80 Å². The Morgan fingerprint density at radius 3 is 2.43 bits per heavy atom. The van der Waals surface area contributed by atoms with Gasteiger partial charge < -0.3 is 33.4 Å². The molecule has 0 bridgehead atoms. The van der Waals surface area contributed by atoms with Crippen molar-refractivity contribution >= 4 is 11.9 Å². The summed E-state index contributed by atoms with van der Waals surface area (Å²) in [7, 11) is 9.72. The molecule has 10 nitrogen and oxygen atoms in total. The molecule has 0 spiro atoms. The number of unbranched alkanes of at least 4 members (excludes halogenated alkanes) is 2. The van der Waals surface area contributed by atoms with Crippen LogP contribution in [0.2, 0.25) is 0 Å². The highest BCUT2D eigenvalue weighted by molar-refractivity contribution is 5.79. The van der Waals surface area contributed by atoms with Crippen molar-refractivity contribution in [2.75, 3.05) is 74.9 Å². The number of benzene rings is 2. The smallest absolute Gasteiger partial charge is 0.308 e. The molecule has 0 saturated carbocycles. The third kappa shape index (κ3) is 8.15. The predicted molar refractivity (Wildman–Crippen MR) is 169 cm³/mol. The average molecular weight is 613 g/mol. The van der Waals surface area contributed by atoms with Gasteiger partial charge in [0.2, 0.25) is 18.4 Å². The molecule has 10 heteroatoms. The monoisotopic (exact) mass is 612 g/mol. The molecule has 2 aromatic carbocycles. The van der Waals surface area contributed by atoms with Crippen molar-refractivity contribution in [2.24, 2.45) is 5.92 Å². The Kier molecular flexibility index (Phi) is 11.4. The molecule has 2 aromatic rings. The van der Waals surface area contributed by atoms with E-state index in [0.29, 0.717) is 49.1 Å². The normalized spacial score (nSPS) is 19.6. The first kappa shape index (κ1) is 33.4. The molecule has 242 valence electrons. The van der Waals surface area contributed by atoms with E-state index in [1.54, 1.807) is 14.2 Å². The van der Waals surface area contributed by atoms with Gasteiger partial charge in [0.25, 0.3) is 0 Å². The zero-order chi connectivity index (χ0) is 31.9. The van der Waals surface area contributed by atoms with E-state index in [1.807, 2.05) is 41.3 Å². The third-order valence-corrected chi connectivity index (χ3v) is 8.74. The van der Waals surface area contributed by atoms with Crippen LogP contribution >= 0.6 is 0 Å². The summed E-state index contributed by atoms with van der Waals surface area (Å²) >= 11 is 0. The number of carboxylic acids is 1. The Morgan fingerprint density at radius 1 is 1.02 bits per heavy atom. The Bertz CT molecular complexity index is 1280. The summed E-state index contributed by atoms with van der Waals surface area (Å²) < 4.78 is 23.4. The van der Waals surface area contributed by atoms with Crippen molar-refractivity contribution in [3.05, 3.63) is 47.5 Å². The highest BCUT2D eigenvalue weighted by Crippen LogP contribution is 2.47. The van der Waals surface area contributed by atoms with Gasteiger partial charge in [0, 0.05) is 31.6 Å². The maximum Gasteiger partial charge on any atom is 0.308 e. The van der Waals surface area contributed by atoms with Crippen LogP contribution in [-0.4, -0.2) is 112 Å². The minimum Gasteiger partial charge on any atom is -0.496 e. The number of carboxylic acid groups (broad SMARTS) is 1. The topological polar surface area (TPSA) is 97.8 Å². The highest BCUT2D eigenvalue weighted by Gasteiger charge is 2.48. The first-order chi connectivity index (χ1) is 21.1. The maximum absolute atomic E-state index is 13.9. The van der Waals surface area contributed by atoms with Crippen LogP contribution in [0.3, 0.4) is 0 Å². The Morgan fingerprint density at radius 2 is 1.75 bits per heavy atom. The molecule has 2 heterocycles. The Hall–Kier alpha value is -3.50. The van der Waals surface area contributed by atoms with Crippen LogP contribution in [-0.2, 0) is 16.0 Å². The second kappa shape index (κ2) is 15.0. The molecular formula is C34H50N3O7+. The van der Waals surface area contributed by atoms with Crippen molar-refractivity contribution in [3.8, 4) is 23.0 Å². The molecule has 0 aromatic heterocycles.